The molecule has 1 unspecified atom stereocenters. The average molecular weight is 430 g/mol. The molecule has 0 bridgehead atoms. The van der Waals surface area contributed by atoms with E-state index in [9.17, 15) is 0 Å². The average Bonchev–Trinajstić information content (AvgIpc) is 2.50. The van der Waals surface area contributed by atoms with Gasteiger partial charge in [-0.1, -0.05) is 18.2 Å². The Morgan fingerprint density at radius 1 is 1.35 bits per heavy atom. The number of rotatable bonds is 5. The SMILES string of the molecule is CCNC(=NCCN1CCC1)NC1CCOc2ccccc21.I. The van der Waals surface area contributed by atoms with E-state index in [1.807, 2.05) is 12.1 Å². The lowest BCUT2D eigenvalue weighted by Gasteiger charge is -2.30. The van der Waals surface area contributed by atoms with E-state index >= 15 is 0 Å². The number of ether oxygens (including phenoxy) is 1. The lowest BCUT2D eigenvalue weighted by Crippen LogP contribution is -2.42. The van der Waals surface area contributed by atoms with Crippen molar-refractivity contribution in [2.75, 3.05) is 39.3 Å². The van der Waals surface area contributed by atoms with Crippen molar-refractivity contribution >= 4 is 29.9 Å². The number of hydrogen-bond acceptors (Lipinski definition) is 3. The van der Waals surface area contributed by atoms with Crippen LogP contribution in [0.15, 0.2) is 29.3 Å². The molecule has 3 rings (SSSR count). The van der Waals surface area contributed by atoms with Crippen molar-refractivity contribution in [3.05, 3.63) is 29.8 Å². The Morgan fingerprint density at radius 3 is 2.91 bits per heavy atom. The van der Waals surface area contributed by atoms with E-state index in [4.69, 9.17) is 9.73 Å². The minimum absolute atomic E-state index is 0. The van der Waals surface area contributed by atoms with Crippen LogP contribution in [0, 0.1) is 0 Å². The van der Waals surface area contributed by atoms with Crippen molar-refractivity contribution in [3.8, 4) is 5.75 Å². The summed E-state index contributed by atoms with van der Waals surface area (Å²) in [5.74, 6) is 1.90. The zero-order chi connectivity index (χ0) is 15.2. The Labute approximate surface area is 155 Å². The number of halogens is 1. The zero-order valence-corrected chi connectivity index (χ0v) is 16.1. The van der Waals surface area contributed by atoms with Gasteiger partial charge in [-0.25, -0.2) is 0 Å². The zero-order valence-electron chi connectivity index (χ0n) is 13.8. The molecule has 0 radical (unpaired) electrons. The molecule has 1 atom stereocenters. The smallest absolute Gasteiger partial charge is 0.191 e. The van der Waals surface area contributed by atoms with Crippen LogP contribution in [0.4, 0.5) is 0 Å². The Kier molecular flexibility index (Phi) is 7.42. The number of likely N-dealkylation sites (tertiary alicyclic amines) is 1. The molecule has 23 heavy (non-hydrogen) atoms. The van der Waals surface area contributed by atoms with Crippen LogP contribution in [0.1, 0.15) is 31.4 Å². The number of nitrogens with one attached hydrogen (secondary N) is 2. The number of fused-ring (bicyclic) bond motifs is 1. The highest BCUT2D eigenvalue weighted by molar-refractivity contribution is 14.0. The van der Waals surface area contributed by atoms with Crippen LogP contribution in [-0.4, -0.2) is 50.2 Å². The first-order valence-electron chi connectivity index (χ1n) is 8.35. The fourth-order valence-electron chi connectivity index (χ4n) is 2.89. The predicted octanol–water partition coefficient (Wildman–Crippen LogP) is 2.39. The van der Waals surface area contributed by atoms with Gasteiger partial charge >= 0.3 is 0 Å². The fourth-order valence-corrected chi connectivity index (χ4v) is 2.89. The molecule has 1 aromatic rings. The summed E-state index contributed by atoms with van der Waals surface area (Å²) in [4.78, 5) is 7.16. The molecule has 2 aliphatic rings. The largest absolute Gasteiger partial charge is 0.493 e. The Balaban J connectivity index is 0.00000192. The molecule has 128 valence electrons. The Hall–Kier alpha value is -1.02. The molecule has 2 aliphatic heterocycles. The van der Waals surface area contributed by atoms with Crippen LogP contribution in [0.25, 0.3) is 0 Å². The quantitative estimate of drug-likeness (QED) is 0.428. The van der Waals surface area contributed by atoms with Crippen molar-refractivity contribution in [2.45, 2.75) is 25.8 Å². The summed E-state index contributed by atoms with van der Waals surface area (Å²) in [5.41, 5.74) is 1.22. The van der Waals surface area contributed by atoms with Gasteiger partial charge in [-0.2, -0.15) is 0 Å². The molecule has 2 N–H and O–H groups in total. The number of hydrogen-bond donors (Lipinski definition) is 2. The summed E-state index contributed by atoms with van der Waals surface area (Å²) in [7, 11) is 0. The summed E-state index contributed by atoms with van der Waals surface area (Å²) >= 11 is 0. The molecule has 0 spiro atoms. The summed E-state index contributed by atoms with van der Waals surface area (Å²) in [6.07, 6.45) is 2.30. The maximum Gasteiger partial charge on any atom is 0.191 e. The molecule has 1 saturated heterocycles. The van der Waals surface area contributed by atoms with E-state index in [2.05, 4.69) is 34.6 Å². The molecule has 0 amide bonds. The van der Waals surface area contributed by atoms with Crippen molar-refractivity contribution in [1.29, 1.82) is 0 Å². The third-order valence-corrected chi connectivity index (χ3v) is 4.25. The van der Waals surface area contributed by atoms with Gasteiger partial charge in [0.05, 0.1) is 19.2 Å². The van der Waals surface area contributed by atoms with Gasteiger partial charge in [0, 0.05) is 25.1 Å². The van der Waals surface area contributed by atoms with Crippen molar-refractivity contribution in [1.82, 2.24) is 15.5 Å². The molecular weight excluding hydrogens is 403 g/mol. The van der Waals surface area contributed by atoms with E-state index in [0.29, 0.717) is 0 Å². The lowest BCUT2D eigenvalue weighted by molar-refractivity contribution is 0.187. The predicted molar refractivity (Wildman–Crippen MR) is 105 cm³/mol. The fraction of sp³-hybridized carbons (Fsp3) is 0.588. The second-order valence-electron chi connectivity index (χ2n) is 5.83. The van der Waals surface area contributed by atoms with Gasteiger partial charge in [-0.3, -0.25) is 4.99 Å². The first-order chi connectivity index (χ1) is 10.9. The van der Waals surface area contributed by atoms with Crippen LogP contribution < -0.4 is 15.4 Å². The first-order valence-corrected chi connectivity index (χ1v) is 8.35. The van der Waals surface area contributed by atoms with Crippen LogP contribution in [0.5, 0.6) is 5.75 Å². The first kappa shape index (κ1) is 18.3. The van der Waals surface area contributed by atoms with Crippen LogP contribution in [0.2, 0.25) is 0 Å². The molecule has 6 heteroatoms. The molecular formula is C17H27IN4O. The lowest BCUT2D eigenvalue weighted by atomic mass is 10.0. The Bertz CT molecular complexity index is 519. The number of benzene rings is 1. The number of nitrogens with zero attached hydrogens (tertiary/aromatic N) is 2. The van der Waals surface area contributed by atoms with Crippen LogP contribution >= 0.6 is 24.0 Å². The third-order valence-electron chi connectivity index (χ3n) is 4.25. The highest BCUT2D eigenvalue weighted by Gasteiger charge is 2.21. The molecule has 1 aromatic carbocycles. The van der Waals surface area contributed by atoms with Gasteiger partial charge < -0.3 is 20.3 Å². The third kappa shape index (κ3) is 4.97. The molecule has 2 heterocycles. The van der Waals surface area contributed by atoms with Gasteiger partial charge in [0.25, 0.3) is 0 Å². The van der Waals surface area contributed by atoms with Crippen molar-refractivity contribution in [3.63, 3.8) is 0 Å². The summed E-state index contributed by atoms with van der Waals surface area (Å²) in [6, 6.07) is 8.53. The van der Waals surface area contributed by atoms with E-state index in [0.717, 1.165) is 44.4 Å². The molecule has 0 saturated carbocycles. The van der Waals surface area contributed by atoms with Crippen LogP contribution in [-0.2, 0) is 0 Å². The van der Waals surface area contributed by atoms with E-state index < -0.39 is 0 Å². The highest BCUT2D eigenvalue weighted by Crippen LogP contribution is 2.31. The van der Waals surface area contributed by atoms with Crippen LogP contribution in [0.3, 0.4) is 0 Å². The Morgan fingerprint density at radius 2 is 2.17 bits per heavy atom. The van der Waals surface area contributed by atoms with Gasteiger partial charge in [0.1, 0.15) is 5.75 Å². The molecule has 5 nitrogen and oxygen atoms in total. The van der Waals surface area contributed by atoms with Crippen molar-refractivity contribution < 1.29 is 4.74 Å². The minimum Gasteiger partial charge on any atom is -0.493 e. The van der Waals surface area contributed by atoms with E-state index in [-0.39, 0.29) is 30.0 Å². The summed E-state index contributed by atoms with van der Waals surface area (Å²) in [6.45, 7) is 8.09. The van der Waals surface area contributed by atoms with E-state index in [1.54, 1.807) is 0 Å². The standard InChI is InChI=1S/C17H26N4O.HI/c1-2-18-17(19-9-12-21-10-5-11-21)20-15-8-13-22-16-7-4-3-6-14(15)16;/h3-4,6-7,15H,2,5,8-13H2,1H3,(H2,18,19,20);1H. The second kappa shape index (κ2) is 9.32. The maximum atomic E-state index is 5.72. The number of aliphatic imine (C=N–C) groups is 1. The summed E-state index contributed by atoms with van der Waals surface area (Å²) < 4.78 is 5.72. The normalized spacial score (nSPS) is 20.6. The second-order valence-corrected chi connectivity index (χ2v) is 5.83. The molecule has 0 aromatic heterocycles. The minimum atomic E-state index is 0. The number of guanidine groups is 1. The summed E-state index contributed by atoms with van der Waals surface area (Å²) in [5, 5.41) is 6.91. The van der Waals surface area contributed by atoms with Crippen molar-refractivity contribution in [2.24, 2.45) is 4.99 Å². The number of para-hydroxylation sites is 1. The van der Waals surface area contributed by atoms with Gasteiger partial charge in [0.2, 0.25) is 0 Å². The highest BCUT2D eigenvalue weighted by atomic mass is 127. The topological polar surface area (TPSA) is 48.9 Å². The monoisotopic (exact) mass is 430 g/mol. The molecule has 1 fully saturated rings. The van der Waals surface area contributed by atoms with Gasteiger partial charge in [-0.05, 0) is 32.5 Å². The maximum absolute atomic E-state index is 5.72. The van der Waals surface area contributed by atoms with Gasteiger partial charge in [0.15, 0.2) is 5.96 Å². The molecule has 0 aliphatic carbocycles. The van der Waals surface area contributed by atoms with Gasteiger partial charge in [-0.15, -0.1) is 24.0 Å². The van der Waals surface area contributed by atoms with E-state index in [1.165, 1.54) is 25.1 Å².